The number of allylic oxidation sites excluding steroid dienone is 4. The lowest BCUT2D eigenvalue weighted by atomic mass is 9.98. The standard InChI is InChI=1S/C25H33FN4O/c1-17(31)30-12-11-24(28-15-18-9-10-18)23(16-30)25(27-2)29-22-8-4-6-20(14-22)19-5-3-7-21(26)13-19/h3-6,8,13-14,18,21,25,27-29H,7,9-12,15-16H2,1-2H3. The molecule has 5 nitrogen and oxygen atoms in total. The predicted molar refractivity (Wildman–Crippen MR) is 124 cm³/mol. The number of benzene rings is 1. The van der Waals surface area contributed by atoms with Gasteiger partial charge in [-0.05, 0) is 55.2 Å². The Bertz CT molecular complexity index is 903. The van der Waals surface area contributed by atoms with Crippen molar-refractivity contribution < 1.29 is 9.18 Å². The first-order valence-corrected chi connectivity index (χ1v) is 11.3. The second-order valence-corrected chi connectivity index (χ2v) is 8.74. The maximum absolute atomic E-state index is 13.8. The molecule has 2 unspecified atom stereocenters. The van der Waals surface area contributed by atoms with Crippen LogP contribution in [0.15, 0.2) is 53.8 Å². The zero-order chi connectivity index (χ0) is 21.8. The van der Waals surface area contributed by atoms with Crippen LogP contribution in [0.1, 0.15) is 38.2 Å². The molecule has 3 N–H and O–H groups in total. The Balaban J connectivity index is 1.55. The van der Waals surface area contributed by atoms with Crippen molar-refractivity contribution >= 4 is 17.2 Å². The van der Waals surface area contributed by atoms with E-state index in [1.807, 2.05) is 42.3 Å². The molecule has 0 radical (unpaired) electrons. The Morgan fingerprint density at radius 1 is 1.32 bits per heavy atom. The third-order valence-electron chi connectivity index (χ3n) is 6.29. The highest BCUT2D eigenvalue weighted by Gasteiger charge is 2.28. The van der Waals surface area contributed by atoms with E-state index in [1.165, 1.54) is 24.1 Å². The lowest BCUT2D eigenvalue weighted by Crippen LogP contribution is -2.46. The molecular weight excluding hydrogens is 391 g/mol. The van der Waals surface area contributed by atoms with E-state index in [2.05, 4.69) is 22.0 Å². The van der Waals surface area contributed by atoms with Crippen LogP contribution >= 0.6 is 0 Å². The van der Waals surface area contributed by atoms with Gasteiger partial charge in [0.05, 0.1) is 0 Å². The molecule has 0 bridgehead atoms. The number of nitrogens with zero attached hydrogens (tertiary/aromatic N) is 1. The van der Waals surface area contributed by atoms with Crippen LogP contribution in [0, 0.1) is 5.92 Å². The highest BCUT2D eigenvalue weighted by molar-refractivity contribution is 5.77. The van der Waals surface area contributed by atoms with E-state index in [-0.39, 0.29) is 12.1 Å². The smallest absolute Gasteiger partial charge is 0.219 e. The Hall–Kier alpha value is -2.60. The van der Waals surface area contributed by atoms with Gasteiger partial charge < -0.3 is 15.5 Å². The van der Waals surface area contributed by atoms with Crippen molar-refractivity contribution in [2.75, 3.05) is 32.0 Å². The van der Waals surface area contributed by atoms with Crippen molar-refractivity contribution in [1.29, 1.82) is 0 Å². The van der Waals surface area contributed by atoms with Crippen LogP contribution in [0.3, 0.4) is 0 Å². The molecule has 1 amide bonds. The molecular formula is C25H33FN4O. The molecule has 1 saturated carbocycles. The van der Waals surface area contributed by atoms with E-state index < -0.39 is 6.17 Å². The van der Waals surface area contributed by atoms with Crippen molar-refractivity contribution in [2.45, 2.75) is 44.9 Å². The third kappa shape index (κ3) is 5.56. The molecule has 0 saturated heterocycles. The Labute approximate surface area is 184 Å². The number of carbonyl (C=O) groups excluding carboxylic acids is 1. The van der Waals surface area contributed by atoms with Gasteiger partial charge in [-0.3, -0.25) is 10.1 Å². The number of anilines is 1. The van der Waals surface area contributed by atoms with Crippen LogP contribution in [0.4, 0.5) is 10.1 Å². The van der Waals surface area contributed by atoms with Crippen LogP contribution in [-0.2, 0) is 4.79 Å². The van der Waals surface area contributed by atoms with Gasteiger partial charge in [-0.1, -0.05) is 24.3 Å². The molecule has 1 aromatic carbocycles. The predicted octanol–water partition coefficient (Wildman–Crippen LogP) is 3.83. The number of rotatable bonds is 8. The van der Waals surface area contributed by atoms with Gasteiger partial charge in [0.1, 0.15) is 12.3 Å². The van der Waals surface area contributed by atoms with Gasteiger partial charge in [-0.2, -0.15) is 0 Å². The van der Waals surface area contributed by atoms with Crippen LogP contribution in [0.2, 0.25) is 0 Å². The summed E-state index contributed by atoms with van der Waals surface area (Å²) in [4.78, 5) is 13.9. The average molecular weight is 425 g/mol. The monoisotopic (exact) mass is 424 g/mol. The number of nitrogens with one attached hydrogen (secondary N) is 3. The second-order valence-electron chi connectivity index (χ2n) is 8.74. The van der Waals surface area contributed by atoms with E-state index in [0.29, 0.717) is 13.0 Å². The number of alkyl halides is 1. The fourth-order valence-electron chi connectivity index (χ4n) is 4.24. The van der Waals surface area contributed by atoms with Crippen molar-refractivity contribution in [3.05, 3.63) is 59.3 Å². The number of hydrogen-bond acceptors (Lipinski definition) is 4. The molecule has 0 spiro atoms. The van der Waals surface area contributed by atoms with Gasteiger partial charge in [0, 0.05) is 56.4 Å². The molecule has 1 aromatic rings. The number of halogens is 1. The number of amides is 1. The summed E-state index contributed by atoms with van der Waals surface area (Å²) in [5.41, 5.74) is 5.28. The molecule has 1 heterocycles. The Morgan fingerprint density at radius 2 is 2.16 bits per heavy atom. The normalized spacial score (nSPS) is 22.2. The summed E-state index contributed by atoms with van der Waals surface area (Å²) in [7, 11) is 1.93. The first-order chi connectivity index (χ1) is 15.0. The molecule has 1 aliphatic heterocycles. The number of hydrogen-bond donors (Lipinski definition) is 3. The topological polar surface area (TPSA) is 56.4 Å². The van der Waals surface area contributed by atoms with Crippen LogP contribution in [0.25, 0.3) is 5.57 Å². The Morgan fingerprint density at radius 3 is 2.87 bits per heavy atom. The first-order valence-electron chi connectivity index (χ1n) is 11.3. The van der Waals surface area contributed by atoms with Gasteiger partial charge in [-0.25, -0.2) is 4.39 Å². The minimum atomic E-state index is -0.924. The van der Waals surface area contributed by atoms with Crippen molar-refractivity contribution in [3.63, 3.8) is 0 Å². The number of carbonyl (C=O) groups is 1. The minimum Gasteiger partial charge on any atom is -0.388 e. The van der Waals surface area contributed by atoms with E-state index in [1.54, 1.807) is 13.0 Å². The van der Waals surface area contributed by atoms with Gasteiger partial charge in [-0.15, -0.1) is 0 Å². The van der Waals surface area contributed by atoms with Crippen molar-refractivity contribution in [1.82, 2.24) is 15.5 Å². The molecule has 0 aromatic heterocycles. The van der Waals surface area contributed by atoms with E-state index in [0.717, 1.165) is 42.3 Å². The first kappa shape index (κ1) is 21.6. The van der Waals surface area contributed by atoms with Gasteiger partial charge in [0.15, 0.2) is 0 Å². The molecule has 31 heavy (non-hydrogen) atoms. The summed E-state index contributed by atoms with van der Waals surface area (Å²) < 4.78 is 13.8. The SMILES string of the molecule is CNC(Nc1cccc(C2=CC(F)CC=C2)c1)C1=C(NCC2CC2)CCN(C(C)=O)C1. The van der Waals surface area contributed by atoms with Crippen molar-refractivity contribution in [2.24, 2.45) is 5.92 Å². The highest BCUT2D eigenvalue weighted by atomic mass is 19.1. The molecule has 3 aliphatic rings. The molecule has 2 aliphatic carbocycles. The molecule has 166 valence electrons. The van der Waals surface area contributed by atoms with Gasteiger partial charge in [0.2, 0.25) is 5.91 Å². The fraction of sp³-hybridized carbons (Fsp3) is 0.480. The number of likely N-dealkylation sites (N-methyl/N-ethyl adjacent to an activating group) is 1. The summed E-state index contributed by atoms with van der Waals surface area (Å²) >= 11 is 0. The summed E-state index contributed by atoms with van der Waals surface area (Å²) in [5.74, 6) is 0.890. The molecule has 1 fully saturated rings. The van der Waals surface area contributed by atoms with E-state index in [9.17, 15) is 9.18 Å². The summed E-state index contributed by atoms with van der Waals surface area (Å²) in [6.07, 6.45) is 8.42. The molecule has 6 heteroatoms. The minimum absolute atomic E-state index is 0.104. The largest absolute Gasteiger partial charge is 0.388 e. The summed E-state index contributed by atoms with van der Waals surface area (Å²) in [6.45, 7) is 4.01. The fourth-order valence-corrected chi connectivity index (χ4v) is 4.24. The van der Waals surface area contributed by atoms with Gasteiger partial charge in [0.25, 0.3) is 0 Å². The van der Waals surface area contributed by atoms with Crippen molar-refractivity contribution in [3.8, 4) is 0 Å². The zero-order valence-electron chi connectivity index (χ0n) is 18.5. The molecule has 2 atom stereocenters. The maximum Gasteiger partial charge on any atom is 0.219 e. The summed E-state index contributed by atoms with van der Waals surface area (Å²) in [5, 5.41) is 10.6. The quantitative estimate of drug-likeness (QED) is 0.555. The highest BCUT2D eigenvalue weighted by Crippen LogP contribution is 2.29. The lowest BCUT2D eigenvalue weighted by Gasteiger charge is -2.35. The average Bonchev–Trinajstić information content (AvgIpc) is 3.61. The summed E-state index contributed by atoms with van der Waals surface area (Å²) in [6, 6.07) is 8.08. The lowest BCUT2D eigenvalue weighted by molar-refractivity contribution is -0.128. The van der Waals surface area contributed by atoms with E-state index in [4.69, 9.17) is 0 Å². The van der Waals surface area contributed by atoms with Crippen LogP contribution in [-0.4, -0.2) is 49.8 Å². The van der Waals surface area contributed by atoms with Crippen LogP contribution < -0.4 is 16.0 Å². The van der Waals surface area contributed by atoms with E-state index >= 15 is 0 Å². The van der Waals surface area contributed by atoms with Gasteiger partial charge >= 0.3 is 0 Å². The Kier molecular flexibility index (Phi) is 6.76. The maximum atomic E-state index is 13.8. The van der Waals surface area contributed by atoms with Crippen LogP contribution in [0.5, 0.6) is 0 Å². The molecule has 4 rings (SSSR count). The zero-order valence-corrected chi connectivity index (χ0v) is 18.5. The third-order valence-corrected chi connectivity index (χ3v) is 6.29. The second kappa shape index (κ2) is 9.69.